The largest absolute Gasteiger partial charge is 0.411 e. The topological polar surface area (TPSA) is 48.4 Å². The number of oxime groups is 1. The highest BCUT2D eigenvalue weighted by Gasteiger charge is 2.19. The maximum absolute atomic E-state index is 13.1. The zero-order valence-electron chi connectivity index (χ0n) is 8.63. The molecule has 1 aromatic heterocycles. The van der Waals surface area contributed by atoms with Gasteiger partial charge in [0.1, 0.15) is 5.82 Å². The first-order valence-corrected chi connectivity index (χ1v) is 5.26. The van der Waals surface area contributed by atoms with Crippen LogP contribution in [0.2, 0.25) is 0 Å². The number of fused-ring (bicyclic) bond motifs is 3. The molecule has 0 radical (unpaired) electrons. The van der Waals surface area contributed by atoms with Crippen LogP contribution in [0.25, 0.3) is 10.9 Å². The molecule has 0 fully saturated rings. The van der Waals surface area contributed by atoms with Crippen molar-refractivity contribution in [2.24, 2.45) is 5.16 Å². The highest BCUT2D eigenvalue weighted by Crippen LogP contribution is 2.28. The Bertz CT molecular complexity index is 586. The normalized spacial score (nSPS) is 17.9. The Kier molecular flexibility index (Phi) is 1.96. The lowest BCUT2D eigenvalue weighted by atomic mass is 9.94. The zero-order chi connectivity index (χ0) is 11.1. The van der Waals surface area contributed by atoms with Crippen LogP contribution < -0.4 is 0 Å². The van der Waals surface area contributed by atoms with Crippen LogP contribution in [0.3, 0.4) is 0 Å². The fraction of sp³-hybridized carbons (Fsp3) is 0.250. The molecule has 3 rings (SSSR count). The van der Waals surface area contributed by atoms with Gasteiger partial charge >= 0.3 is 0 Å². The fourth-order valence-corrected chi connectivity index (χ4v) is 2.36. The summed E-state index contributed by atoms with van der Waals surface area (Å²) in [6, 6.07) is 4.76. The second-order valence-electron chi connectivity index (χ2n) is 4.12. The van der Waals surface area contributed by atoms with E-state index in [1.54, 1.807) is 12.1 Å². The fourth-order valence-electron chi connectivity index (χ4n) is 2.36. The minimum absolute atomic E-state index is 0.212. The smallest absolute Gasteiger partial charge is 0.123 e. The summed E-state index contributed by atoms with van der Waals surface area (Å²) in [6.45, 7) is 0. The lowest BCUT2D eigenvalue weighted by Gasteiger charge is -2.12. The van der Waals surface area contributed by atoms with Crippen LogP contribution in [0.1, 0.15) is 17.7 Å². The molecule has 0 saturated heterocycles. The Balaban J connectivity index is 2.20. The van der Waals surface area contributed by atoms with E-state index in [9.17, 15) is 4.39 Å². The summed E-state index contributed by atoms with van der Waals surface area (Å²) in [4.78, 5) is 3.25. The minimum Gasteiger partial charge on any atom is -0.411 e. The molecule has 0 unspecified atom stereocenters. The van der Waals surface area contributed by atoms with E-state index in [0.717, 1.165) is 40.7 Å². The van der Waals surface area contributed by atoms with E-state index in [0.29, 0.717) is 6.42 Å². The highest BCUT2D eigenvalue weighted by molar-refractivity contribution is 5.93. The van der Waals surface area contributed by atoms with Gasteiger partial charge in [-0.15, -0.1) is 0 Å². The van der Waals surface area contributed by atoms with Gasteiger partial charge in [0.25, 0.3) is 0 Å². The number of halogens is 1. The van der Waals surface area contributed by atoms with Crippen LogP contribution in [0.4, 0.5) is 4.39 Å². The first kappa shape index (κ1) is 9.39. The summed E-state index contributed by atoms with van der Waals surface area (Å²) in [5.41, 5.74) is 3.92. The van der Waals surface area contributed by atoms with Crippen molar-refractivity contribution in [2.45, 2.75) is 19.3 Å². The Morgan fingerprint density at radius 1 is 1.31 bits per heavy atom. The number of nitrogens with zero attached hydrogens (tertiary/aromatic N) is 1. The third kappa shape index (κ3) is 1.30. The van der Waals surface area contributed by atoms with Crippen molar-refractivity contribution in [2.75, 3.05) is 0 Å². The number of hydrogen-bond acceptors (Lipinski definition) is 2. The molecule has 2 N–H and O–H groups in total. The molecule has 16 heavy (non-hydrogen) atoms. The molecule has 1 aliphatic rings. The molecule has 2 aromatic rings. The lowest BCUT2D eigenvalue weighted by Crippen LogP contribution is -2.12. The number of aromatic amines is 1. The molecule has 82 valence electrons. The van der Waals surface area contributed by atoms with E-state index >= 15 is 0 Å². The Morgan fingerprint density at radius 2 is 2.19 bits per heavy atom. The second kappa shape index (κ2) is 3.33. The van der Waals surface area contributed by atoms with Crippen molar-refractivity contribution < 1.29 is 9.60 Å². The van der Waals surface area contributed by atoms with Crippen LogP contribution in [0.5, 0.6) is 0 Å². The van der Waals surface area contributed by atoms with Crippen LogP contribution in [-0.4, -0.2) is 15.9 Å². The summed E-state index contributed by atoms with van der Waals surface area (Å²) < 4.78 is 13.1. The second-order valence-corrected chi connectivity index (χ2v) is 4.12. The average Bonchev–Trinajstić information content (AvgIpc) is 2.66. The van der Waals surface area contributed by atoms with E-state index in [1.807, 2.05) is 0 Å². The molecule has 4 heteroatoms. The first-order chi connectivity index (χ1) is 7.78. The first-order valence-electron chi connectivity index (χ1n) is 5.26. The van der Waals surface area contributed by atoms with E-state index in [2.05, 4.69) is 10.1 Å². The molecule has 0 aliphatic heterocycles. The SMILES string of the molecule is ON=C1CCc2c([nH]c3ccc(F)cc23)C1. The van der Waals surface area contributed by atoms with Gasteiger partial charge in [-0.1, -0.05) is 5.16 Å². The predicted octanol–water partition coefficient (Wildman–Crippen LogP) is 2.63. The number of rotatable bonds is 0. The molecule has 0 bridgehead atoms. The van der Waals surface area contributed by atoms with Crippen LogP contribution >= 0.6 is 0 Å². The Hall–Kier alpha value is -1.84. The molecule has 1 aromatic carbocycles. The number of aryl methyl sites for hydroxylation is 1. The molecule has 0 spiro atoms. The summed E-state index contributed by atoms with van der Waals surface area (Å²) in [5.74, 6) is -0.212. The third-order valence-corrected chi connectivity index (χ3v) is 3.14. The van der Waals surface area contributed by atoms with Crippen LogP contribution in [0, 0.1) is 5.82 Å². The minimum atomic E-state index is -0.212. The Morgan fingerprint density at radius 3 is 3.00 bits per heavy atom. The van der Waals surface area contributed by atoms with Crippen molar-refractivity contribution in [3.8, 4) is 0 Å². The quantitative estimate of drug-likeness (QED) is 0.518. The molecule has 3 nitrogen and oxygen atoms in total. The zero-order valence-corrected chi connectivity index (χ0v) is 8.63. The van der Waals surface area contributed by atoms with Crippen molar-refractivity contribution in [3.63, 3.8) is 0 Å². The number of benzene rings is 1. The standard InChI is InChI=1S/C12H11FN2O/c13-7-1-4-11-10(5-7)9-3-2-8(15-16)6-12(9)14-11/h1,4-5,14,16H,2-3,6H2. The third-order valence-electron chi connectivity index (χ3n) is 3.14. The molecule has 0 amide bonds. The molecular weight excluding hydrogens is 207 g/mol. The maximum atomic E-state index is 13.1. The summed E-state index contributed by atoms with van der Waals surface area (Å²) in [7, 11) is 0. The monoisotopic (exact) mass is 218 g/mol. The van der Waals surface area contributed by atoms with Gasteiger partial charge in [-0.2, -0.15) is 0 Å². The number of hydrogen-bond donors (Lipinski definition) is 2. The van der Waals surface area contributed by atoms with E-state index in [1.165, 1.54) is 6.07 Å². The van der Waals surface area contributed by atoms with Gasteiger partial charge in [0, 0.05) is 23.0 Å². The van der Waals surface area contributed by atoms with Crippen molar-refractivity contribution >= 4 is 16.6 Å². The van der Waals surface area contributed by atoms with Crippen molar-refractivity contribution in [1.82, 2.24) is 4.98 Å². The van der Waals surface area contributed by atoms with Crippen LogP contribution in [0.15, 0.2) is 23.4 Å². The van der Waals surface area contributed by atoms with Gasteiger partial charge in [-0.25, -0.2) is 4.39 Å². The summed E-state index contributed by atoms with van der Waals surface area (Å²) in [5, 5.41) is 13.0. The lowest BCUT2D eigenvalue weighted by molar-refractivity contribution is 0.316. The van der Waals surface area contributed by atoms with Crippen LogP contribution in [-0.2, 0) is 12.8 Å². The average molecular weight is 218 g/mol. The number of nitrogens with one attached hydrogen (secondary N) is 1. The van der Waals surface area contributed by atoms with E-state index in [-0.39, 0.29) is 5.82 Å². The van der Waals surface area contributed by atoms with Crippen molar-refractivity contribution in [1.29, 1.82) is 0 Å². The Labute approximate surface area is 91.6 Å². The molecule has 1 aliphatic carbocycles. The van der Waals surface area contributed by atoms with Gasteiger partial charge in [0.15, 0.2) is 0 Å². The van der Waals surface area contributed by atoms with Gasteiger partial charge in [-0.05, 0) is 36.6 Å². The predicted molar refractivity (Wildman–Crippen MR) is 59.5 cm³/mol. The van der Waals surface area contributed by atoms with Gasteiger partial charge < -0.3 is 10.2 Å². The number of aromatic nitrogens is 1. The van der Waals surface area contributed by atoms with Gasteiger partial charge in [0.2, 0.25) is 0 Å². The maximum Gasteiger partial charge on any atom is 0.123 e. The summed E-state index contributed by atoms with van der Waals surface area (Å²) >= 11 is 0. The van der Waals surface area contributed by atoms with Crippen molar-refractivity contribution in [3.05, 3.63) is 35.3 Å². The molecule has 1 heterocycles. The molecule has 0 atom stereocenters. The molecular formula is C12H11FN2O. The highest BCUT2D eigenvalue weighted by atomic mass is 19.1. The summed E-state index contributed by atoms with van der Waals surface area (Å²) in [6.07, 6.45) is 2.17. The number of H-pyrrole nitrogens is 1. The molecule has 0 saturated carbocycles. The van der Waals surface area contributed by atoms with E-state index < -0.39 is 0 Å². The van der Waals surface area contributed by atoms with Gasteiger partial charge in [-0.3, -0.25) is 0 Å². The van der Waals surface area contributed by atoms with Gasteiger partial charge in [0.05, 0.1) is 5.71 Å². The van der Waals surface area contributed by atoms with E-state index in [4.69, 9.17) is 5.21 Å².